The van der Waals surface area contributed by atoms with E-state index in [4.69, 9.17) is 0 Å². The van der Waals surface area contributed by atoms with Crippen molar-refractivity contribution >= 4 is 11.8 Å². The first-order valence-corrected chi connectivity index (χ1v) is 7.92. The third kappa shape index (κ3) is 4.36. The maximum Gasteiger partial charge on any atom is 0.00828 e. The summed E-state index contributed by atoms with van der Waals surface area (Å²) in [5.74, 6) is 3.74. The highest BCUT2D eigenvalue weighted by Crippen LogP contribution is 2.23. The Labute approximate surface area is 98.8 Å². The maximum absolute atomic E-state index is 3.81. The van der Waals surface area contributed by atoms with Crippen molar-refractivity contribution in [2.45, 2.75) is 57.4 Å². The lowest BCUT2D eigenvalue weighted by Crippen LogP contribution is -2.36. The minimum atomic E-state index is 0.842. The zero-order valence-electron chi connectivity index (χ0n) is 9.84. The van der Waals surface area contributed by atoms with Gasteiger partial charge in [0.15, 0.2) is 0 Å². The van der Waals surface area contributed by atoms with E-state index in [0.29, 0.717) is 0 Å². The van der Waals surface area contributed by atoms with Gasteiger partial charge in [-0.3, -0.25) is 0 Å². The second kappa shape index (κ2) is 6.80. The molecule has 1 N–H and O–H groups in total. The van der Waals surface area contributed by atoms with Gasteiger partial charge in [-0.1, -0.05) is 25.7 Å². The van der Waals surface area contributed by atoms with Crippen molar-refractivity contribution in [3.8, 4) is 0 Å². The lowest BCUT2D eigenvalue weighted by atomic mass is 9.99. The molecule has 1 nitrogen and oxygen atoms in total. The van der Waals surface area contributed by atoms with Gasteiger partial charge >= 0.3 is 0 Å². The third-order valence-electron chi connectivity index (χ3n) is 3.89. The van der Waals surface area contributed by atoms with Gasteiger partial charge < -0.3 is 5.32 Å². The van der Waals surface area contributed by atoms with Crippen LogP contribution in [-0.4, -0.2) is 24.1 Å². The van der Waals surface area contributed by atoms with Crippen molar-refractivity contribution in [3.05, 3.63) is 0 Å². The van der Waals surface area contributed by atoms with E-state index in [9.17, 15) is 0 Å². The minimum absolute atomic E-state index is 0.842. The summed E-state index contributed by atoms with van der Waals surface area (Å²) in [6.07, 6.45) is 11.7. The molecule has 1 aliphatic carbocycles. The van der Waals surface area contributed by atoms with Crippen LogP contribution >= 0.6 is 11.8 Å². The Kier molecular flexibility index (Phi) is 5.34. The van der Waals surface area contributed by atoms with Crippen molar-refractivity contribution < 1.29 is 0 Å². The summed E-state index contributed by atoms with van der Waals surface area (Å²) in [6.45, 7) is 1.30. The van der Waals surface area contributed by atoms with E-state index < -0.39 is 0 Å². The molecule has 0 bridgehead atoms. The van der Waals surface area contributed by atoms with Gasteiger partial charge in [-0.05, 0) is 49.7 Å². The Hall–Kier alpha value is 0.310. The molecule has 1 saturated carbocycles. The monoisotopic (exact) mass is 227 g/mol. The number of hydrogen-bond acceptors (Lipinski definition) is 2. The topological polar surface area (TPSA) is 12.0 Å². The predicted octanol–water partition coefficient (Wildman–Crippen LogP) is 3.44. The van der Waals surface area contributed by atoms with Crippen LogP contribution in [0.3, 0.4) is 0 Å². The van der Waals surface area contributed by atoms with Crippen LogP contribution in [0.15, 0.2) is 0 Å². The minimum Gasteiger partial charge on any atom is -0.314 e. The molecule has 0 aromatic rings. The van der Waals surface area contributed by atoms with Gasteiger partial charge in [0.2, 0.25) is 0 Å². The van der Waals surface area contributed by atoms with Crippen molar-refractivity contribution in [2.75, 3.05) is 18.1 Å². The average molecular weight is 227 g/mol. The van der Waals surface area contributed by atoms with Crippen LogP contribution in [0.2, 0.25) is 0 Å². The van der Waals surface area contributed by atoms with E-state index in [0.717, 1.165) is 12.0 Å². The van der Waals surface area contributed by atoms with Gasteiger partial charge in [-0.25, -0.2) is 0 Å². The molecule has 1 saturated heterocycles. The Morgan fingerprint density at radius 3 is 2.20 bits per heavy atom. The van der Waals surface area contributed by atoms with Crippen molar-refractivity contribution in [1.29, 1.82) is 0 Å². The van der Waals surface area contributed by atoms with Crippen LogP contribution in [0.1, 0.15) is 51.4 Å². The molecule has 0 aromatic carbocycles. The molecular formula is C13H25NS. The molecule has 0 amide bonds. The number of thioether (sulfide) groups is 1. The van der Waals surface area contributed by atoms with E-state index in [2.05, 4.69) is 17.1 Å². The highest BCUT2D eigenvalue weighted by Gasteiger charge is 2.16. The second-order valence-corrected chi connectivity index (χ2v) is 6.38. The Morgan fingerprint density at radius 1 is 0.867 bits per heavy atom. The largest absolute Gasteiger partial charge is 0.314 e. The van der Waals surface area contributed by atoms with E-state index in [1.54, 1.807) is 0 Å². The molecule has 2 aliphatic rings. The molecule has 1 aliphatic heterocycles. The molecule has 0 radical (unpaired) electrons. The van der Waals surface area contributed by atoms with Gasteiger partial charge in [0.1, 0.15) is 0 Å². The SMILES string of the molecule is C1CCCC(CNC2CCSCC2)CC1. The quantitative estimate of drug-likeness (QED) is 0.741. The van der Waals surface area contributed by atoms with Gasteiger partial charge in [-0.2, -0.15) is 11.8 Å². The molecule has 0 spiro atoms. The zero-order valence-corrected chi connectivity index (χ0v) is 10.7. The third-order valence-corrected chi connectivity index (χ3v) is 4.94. The lowest BCUT2D eigenvalue weighted by Gasteiger charge is -2.25. The highest BCUT2D eigenvalue weighted by atomic mass is 32.2. The maximum atomic E-state index is 3.81. The normalized spacial score (nSPS) is 26.4. The summed E-state index contributed by atoms with van der Waals surface area (Å²) in [4.78, 5) is 0. The summed E-state index contributed by atoms with van der Waals surface area (Å²) < 4.78 is 0. The summed E-state index contributed by atoms with van der Waals surface area (Å²) >= 11 is 2.12. The molecule has 88 valence electrons. The fraction of sp³-hybridized carbons (Fsp3) is 1.00. The fourth-order valence-corrected chi connectivity index (χ4v) is 3.91. The summed E-state index contributed by atoms with van der Waals surface area (Å²) in [5.41, 5.74) is 0. The Balaban J connectivity index is 1.62. The van der Waals surface area contributed by atoms with E-state index >= 15 is 0 Å². The lowest BCUT2D eigenvalue weighted by molar-refractivity contribution is 0.380. The summed E-state index contributed by atoms with van der Waals surface area (Å²) in [7, 11) is 0. The molecular weight excluding hydrogens is 202 g/mol. The average Bonchev–Trinajstić information content (AvgIpc) is 2.56. The van der Waals surface area contributed by atoms with Crippen LogP contribution in [0, 0.1) is 5.92 Å². The van der Waals surface area contributed by atoms with Crippen LogP contribution in [0.25, 0.3) is 0 Å². The second-order valence-electron chi connectivity index (χ2n) is 5.15. The van der Waals surface area contributed by atoms with Crippen LogP contribution < -0.4 is 5.32 Å². The van der Waals surface area contributed by atoms with Gasteiger partial charge in [0, 0.05) is 6.04 Å². The smallest absolute Gasteiger partial charge is 0.00828 e. The fourth-order valence-electron chi connectivity index (χ4n) is 2.80. The molecule has 0 aromatic heterocycles. The van der Waals surface area contributed by atoms with Crippen LogP contribution in [-0.2, 0) is 0 Å². The molecule has 1 heterocycles. The zero-order chi connectivity index (χ0) is 10.3. The predicted molar refractivity (Wildman–Crippen MR) is 69.5 cm³/mol. The van der Waals surface area contributed by atoms with Gasteiger partial charge in [0.25, 0.3) is 0 Å². The van der Waals surface area contributed by atoms with Crippen LogP contribution in [0.5, 0.6) is 0 Å². The standard InChI is InChI=1S/C13H25NS/c1-2-4-6-12(5-3-1)11-14-13-7-9-15-10-8-13/h12-14H,1-11H2. The van der Waals surface area contributed by atoms with Crippen molar-refractivity contribution in [3.63, 3.8) is 0 Å². The number of rotatable bonds is 3. The highest BCUT2D eigenvalue weighted by molar-refractivity contribution is 7.99. The number of nitrogens with one attached hydrogen (secondary N) is 1. The summed E-state index contributed by atoms with van der Waals surface area (Å²) in [6, 6.07) is 0.842. The van der Waals surface area contributed by atoms with Crippen molar-refractivity contribution in [1.82, 2.24) is 5.32 Å². The molecule has 15 heavy (non-hydrogen) atoms. The van der Waals surface area contributed by atoms with E-state index in [1.165, 1.54) is 69.4 Å². The van der Waals surface area contributed by atoms with Crippen LogP contribution in [0.4, 0.5) is 0 Å². The van der Waals surface area contributed by atoms with Crippen molar-refractivity contribution in [2.24, 2.45) is 5.92 Å². The Morgan fingerprint density at radius 2 is 1.53 bits per heavy atom. The molecule has 0 unspecified atom stereocenters. The molecule has 2 heteroatoms. The first-order chi connectivity index (χ1) is 7.45. The first-order valence-electron chi connectivity index (χ1n) is 6.76. The Bertz CT molecular complexity index is 158. The van der Waals surface area contributed by atoms with Gasteiger partial charge in [0.05, 0.1) is 0 Å². The van der Waals surface area contributed by atoms with Gasteiger partial charge in [-0.15, -0.1) is 0 Å². The summed E-state index contributed by atoms with van der Waals surface area (Å²) in [5, 5.41) is 3.81. The van der Waals surface area contributed by atoms with E-state index in [1.807, 2.05) is 0 Å². The van der Waals surface area contributed by atoms with E-state index in [-0.39, 0.29) is 0 Å². The molecule has 2 rings (SSSR count). The first kappa shape index (κ1) is 11.8. The molecule has 0 atom stereocenters. The number of hydrogen-bond donors (Lipinski definition) is 1. The molecule has 2 fully saturated rings.